The fourth-order valence-corrected chi connectivity index (χ4v) is 2.72. The van der Waals surface area contributed by atoms with Crippen LogP contribution in [-0.4, -0.2) is 26.6 Å². The lowest BCUT2D eigenvalue weighted by atomic mass is 9.73. The van der Waals surface area contributed by atoms with E-state index in [1.165, 1.54) is 0 Å². The molecule has 0 aromatic heterocycles. The van der Waals surface area contributed by atoms with Gasteiger partial charge in [-0.25, -0.2) is 0 Å². The van der Waals surface area contributed by atoms with Crippen LogP contribution in [0.25, 0.3) is 0 Å². The van der Waals surface area contributed by atoms with Crippen molar-refractivity contribution >= 4 is 9.76 Å². The van der Waals surface area contributed by atoms with E-state index in [1.807, 2.05) is 0 Å². The smallest absolute Gasteiger partial charge is 0.167 e. The van der Waals surface area contributed by atoms with E-state index in [-0.39, 0.29) is 11.7 Å². The Balaban J connectivity index is 2.35. The molecule has 0 atom stereocenters. The molecule has 0 spiro atoms. The lowest BCUT2D eigenvalue weighted by Crippen LogP contribution is -2.46. The average molecular weight is 216 g/mol. The second kappa shape index (κ2) is 3.95. The van der Waals surface area contributed by atoms with Crippen LogP contribution in [-0.2, 0) is 4.43 Å². The zero-order valence-electron chi connectivity index (χ0n) is 10.1. The van der Waals surface area contributed by atoms with Crippen molar-refractivity contribution in [3.05, 3.63) is 0 Å². The maximum atomic E-state index is 9.27. The van der Waals surface area contributed by atoms with Gasteiger partial charge in [0.1, 0.15) is 0 Å². The summed E-state index contributed by atoms with van der Waals surface area (Å²) < 4.78 is 6.07. The van der Waals surface area contributed by atoms with Gasteiger partial charge in [-0.1, -0.05) is 20.8 Å². The van der Waals surface area contributed by atoms with E-state index in [0.29, 0.717) is 11.0 Å². The van der Waals surface area contributed by atoms with Crippen LogP contribution < -0.4 is 0 Å². The monoisotopic (exact) mass is 216 g/mol. The predicted octanol–water partition coefficient (Wildman–Crippen LogP) is 1.85. The number of rotatable bonds is 3. The van der Waals surface area contributed by atoms with Gasteiger partial charge in [0.15, 0.2) is 9.76 Å². The number of aliphatic hydroxyl groups excluding tert-OH is 1. The third-order valence-electron chi connectivity index (χ3n) is 2.97. The topological polar surface area (TPSA) is 29.5 Å². The zero-order valence-corrected chi connectivity index (χ0v) is 11.5. The first-order chi connectivity index (χ1) is 6.21. The molecule has 1 aliphatic carbocycles. The van der Waals surface area contributed by atoms with Crippen LogP contribution in [0.2, 0.25) is 5.04 Å². The van der Waals surface area contributed by atoms with Crippen molar-refractivity contribution in [3.8, 4) is 0 Å². The summed E-state index contributed by atoms with van der Waals surface area (Å²) in [4.78, 5) is 0. The van der Waals surface area contributed by atoms with Gasteiger partial charge in [0.2, 0.25) is 0 Å². The van der Waals surface area contributed by atoms with Crippen LogP contribution in [0.3, 0.4) is 0 Å². The minimum Gasteiger partial charge on any atom is -0.418 e. The van der Waals surface area contributed by atoms with Crippen molar-refractivity contribution in [2.75, 3.05) is 0 Å². The van der Waals surface area contributed by atoms with Crippen LogP contribution in [0.1, 0.15) is 47.5 Å². The summed E-state index contributed by atoms with van der Waals surface area (Å²) in [7, 11) is -0.471. The molecular weight excluding hydrogens is 192 g/mol. The maximum absolute atomic E-state index is 9.27. The second-order valence-corrected chi connectivity index (χ2v) is 8.97. The van der Waals surface area contributed by atoms with Gasteiger partial charge in [-0.2, -0.15) is 0 Å². The van der Waals surface area contributed by atoms with Gasteiger partial charge < -0.3 is 9.53 Å². The highest BCUT2D eigenvalue weighted by atomic mass is 28.2. The summed E-state index contributed by atoms with van der Waals surface area (Å²) >= 11 is 0. The van der Waals surface area contributed by atoms with E-state index in [0.717, 1.165) is 12.8 Å². The highest BCUT2D eigenvalue weighted by Crippen LogP contribution is 2.39. The highest BCUT2D eigenvalue weighted by molar-refractivity contribution is 6.31. The molecule has 14 heavy (non-hydrogen) atoms. The van der Waals surface area contributed by atoms with E-state index >= 15 is 0 Å². The maximum Gasteiger partial charge on any atom is 0.167 e. The first kappa shape index (κ1) is 12.2. The zero-order chi connectivity index (χ0) is 11.0. The molecule has 84 valence electrons. The molecule has 0 bridgehead atoms. The molecule has 0 aromatic carbocycles. The van der Waals surface area contributed by atoms with E-state index in [2.05, 4.69) is 34.6 Å². The Bertz CT molecular complexity index is 190. The van der Waals surface area contributed by atoms with Crippen LogP contribution in [0.4, 0.5) is 0 Å². The summed E-state index contributed by atoms with van der Waals surface area (Å²) in [5, 5.41) is 9.63. The summed E-state index contributed by atoms with van der Waals surface area (Å²) in [6, 6.07) is 0. The average Bonchev–Trinajstić information content (AvgIpc) is 1.94. The summed E-state index contributed by atoms with van der Waals surface area (Å²) in [6.45, 7) is 11.1. The van der Waals surface area contributed by atoms with Gasteiger partial charge in [0.25, 0.3) is 0 Å². The van der Waals surface area contributed by atoms with Gasteiger partial charge in [-0.05, 0) is 37.6 Å². The van der Waals surface area contributed by atoms with Gasteiger partial charge in [0, 0.05) is 0 Å². The molecular formula is C11H24O2Si. The SMILES string of the molecule is CC(C)(C)[SiH2]OC(C)(C)C1CC(O)C1. The van der Waals surface area contributed by atoms with Gasteiger partial charge in [0.05, 0.1) is 11.7 Å². The highest BCUT2D eigenvalue weighted by Gasteiger charge is 2.40. The minimum absolute atomic E-state index is 0.0151. The minimum atomic E-state index is -0.471. The Kier molecular flexibility index (Phi) is 3.44. The molecule has 1 rings (SSSR count). The Morgan fingerprint density at radius 3 is 2.00 bits per heavy atom. The van der Waals surface area contributed by atoms with Crippen molar-refractivity contribution in [2.45, 2.75) is 64.2 Å². The molecule has 1 fully saturated rings. The molecule has 0 heterocycles. The number of aliphatic hydroxyl groups is 1. The second-order valence-electron chi connectivity index (χ2n) is 6.27. The molecule has 1 aliphatic rings. The normalized spacial score (nSPS) is 29.6. The fourth-order valence-electron chi connectivity index (χ4n) is 1.68. The van der Waals surface area contributed by atoms with Crippen LogP contribution >= 0.6 is 0 Å². The Hall–Kier alpha value is 0.137. The lowest BCUT2D eigenvalue weighted by molar-refractivity contribution is -0.0621. The van der Waals surface area contributed by atoms with Crippen molar-refractivity contribution in [3.63, 3.8) is 0 Å². The van der Waals surface area contributed by atoms with Crippen molar-refractivity contribution in [2.24, 2.45) is 5.92 Å². The van der Waals surface area contributed by atoms with Gasteiger partial charge in [-0.15, -0.1) is 0 Å². The first-order valence-corrected chi connectivity index (χ1v) is 6.81. The van der Waals surface area contributed by atoms with Crippen LogP contribution in [0.15, 0.2) is 0 Å². The van der Waals surface area contributed by atoms with Crippen LogP contribution in [0.5, 0.6) is 0 Å². The van der Waals surface area contributed by atoms with E-state index in [1.54, 1.807) is 0 Å². The van der Waals surface area contributed by atoms with Crippen molar-refractivity contribution in [1.29, 1.82) is 0 Å². The predicted molar refractivity (Wildman–Crippen MR) is 62.2 cm³/mol. The quantitative estimate of drug-likeness (QED) is 0.730. The Labute approximate surface area is 90.0 Å². The standard InChI is InChI=1S/C11H24O2Si/c1-10(2,3)14-13-11(4,5)8-6-9(12)7-8/h8-9,12H,6-7,14H2,1-5H3. The van der Waals surface area contributed by atoms with E-state index in [4.69, 9.17) is 4.43 Å². The van der Waals surface area contributed by atoms with Gasteiger partial charge in [-0.3, -0.25) is 0 Å². The van der Waals surface area contributed by atoms with Crippen LogP contribution in [0, 0.1) is 5.92 Å². The molecule has 1 N–H and O–H groups in total. The third-order valence-corrected chi connectivity index (χ3v) is 4.73. The molecule has 0 radical (unpaired) electrons. The van der Waals surface area contributed by atoms with Gasteiger partial charge >= 0.3 is 0 Å². The first-order valence-electron chi connectivity index (χ1n) is 5.53. The summed E-state index contributed by atoms with van der Waals surface area (Å²) in [5.74, 6) is 0.562. The molecule has 0 amide bonds. The molecule has 3 heteroatoms. The molecule has 1 saturated carbocycles. The lowest BCUT2D eigenvalue weighted by Gasteiger charge is -2.44. The molecule has 2 nitrogen and oxygen atoms in total. The Morgan fingerprint density at radius 1 is 1.14 bits per heavy atom. The molecule has 0 saturated heterocycles. The van der Waals surface area contributed by atoms with Crippen molar-refractivity contribution in [1.82, 2.24) is 0 Å². The summed E-state index contributed by atoms with van der Waals surface area (Å²) in [5.41, 5.74) is -0.0151. The van der Waals surface area contributed by atoms with Crippen molar-refractivity contribution < 1.29 is 9.53 Å². The third kappa shape index (κ3) is 3.37. The number of hydrogen-bond donors (Lipinski definition) is 1. The summed E-state index contributed by atoms with van der Waals surface area (Å²) in [6.07, 6.45) is 1.77. The van der Waals surface area contributed by atoms with E-state index < -0.39 is 9.76 Å². The largest absolute Gasteiger partial charge is 0.418 e. The molecule has 0 aliphatic heterocycles. The number of hydrogen-bond acceptors (Lipinski definition) is 2. The molecule has 0 aromatic rings. The molecule has 0 unspecified atom stereocenters. The van der Waals surface area contributed by atoms with E-state index in [9.17, 15) is 5.11 Å². The fraction of sp³-hybridized carbons (Fsp3) is 1.00. The Morgan fingerprint density at radius 2 is 1.64 bits per heavy atom.